The number of nitrogens with zero attached hydrogens (tertiary/aromatic N) is 1. The Labute approximate surface area is 209 Å². The Morgan fingerprint density at radius 2 is 1.54 bits per heavy atom. The van der Waals surface area contributed by atoms with Crippen LogP contribution in [0.15, 0.2) is 60.7 Å². The van der Waals surface area contributed by atoms with Crippen molar-refractivity contribution in [3.05, 3.63) is 89.0 Å². The van der Waals surface area contributed by atoms with Crippen molar-refractivity contribution in [1.29, 1.82) is 0 Å². The van der Waals surface area contributed by atoms with E-state index < -0.39 is 52.8 Å². The Bertz CT molecular complexity index is 1480. The van der Waals surface area contributed by atoms with Crippen LogP contribution in [0, 0.1) is 23.5 Å². The molecule has 0 bridgehead atoms. The highest BCUT2D eigenvalue weighted by Crippen LogP contribution is 2.53. The highest BCUT2D eigenvalue weighted by Gasteiger charge is 2.70. The molecule has 0 aromatic heterocycles. The predicted octanol–water partition coefficient (Wildman–Crippen LogP) is 2.54. The number of rotatable bonds is 4. The molecule has 188 valence electrons. The summed E-state index contributed by atoms with van der Waals surface area (Å²) in [7, 11) is 0. The lowest BCUT2D eigenvalue weighted by atomic mass is 9.76. The number of phenols is 2. The number of fused-ring (bicyclic) bond motifs is 4. The number of hydrogen-bond acceptors (Lipinski definition) is 6. The maximum absolute atomic E-state index is 14.4. The third-order valence-corrected chi connectivity index (χ3v) is 7.52. The molecule has 0 aliphatic carbocycles. The SMILES string of the molecule is O=C1[C@H]2C(Cc3ccc(O)c(O)c3)NC3(C(=O)Nc4ccc(F)cc43)[C@H]2C(=O)N1Cc1ccc(F)cc1. The maximum Gasteiger partial charge on any atom is 0.250 e. The predicted molar refractivity (Wildman–Crippen MR) is 126 cm³/mol. The summed E-state index contributed by atoms with van der Waals surface area (Å²) in [5.41, 5.74) is -0.00649. The Balaban J connectivity index is 1.44. The van der Waals surface area contributed by atoms with Crippen LogP contribution in [0.2, 0.25) is 0 Å². The Morgan fingerprint density at radius 3 is 2.27 bits per heavy atom. The quantitative estimate of drug-likeness (QED) is 0.320. The standard InChI is InChI=1S/C27H21F2N3O5/c28-15-4-1-13(2-5-15)12-32-24(35)22-19(9-14-3-8-20(33)21(34)10-14)31-27(23(22)25(32)36)17-11-16(29)6-7-18(17)30-26(27)37/h1-8,10-11,19,22-23,31,33-34H,9,12H2,(H,30,37)/t19?,22-,23+,27?/m0/s1. The van der Waals surface area contributed by atoms with Gasteiger partial charge in [0.25, 0.3) is 0 Å². The molecule has 3 aliphatic rings. The van der Waals surface area contributed by atoms with Crippen molar-refractivity contribution < 1.29 is 33.4 Å². The summed E-state index contributed by atoms with van der Waals surface area (Å²) in [6, 6.07) is 12.7. The van der Waals surface area contributed by atoms with Crippen LogP contribution in [-0.2, 0) is 32.9 Å². The molecule has 3 aliphatic heterocycles. The molecule has 1 spiro atoms. The zero-order valence-electron chi connectivity index (χ0n) is 19.2. The van der Waals surface area contributed by atoms with Gasteiger partial charge in [0, 0.05) is 17.3 Å². The van der Waals surface area contributed by atoms with E-state index >= 15 is 0 Å². The van der Waals surface area contributed by atoms with Gasteiger partial charge in [-0.05, 0) is 60.0 Å². The van der Waals surface area contributed by atoms with Gasteiger partial charge in [0.1, 0.15) is 17.2 Å². The van der Waals surface area contributed by atoms with Crippen LogP contribution >= 0.6 is 0 Å². The molecule has 8 nitrogen and oxygen atoms in total. The van der Waals surface area contributed by atoms with Crippen molar-refractivity contribution in [2.24, 2.45) is 11.8 Å². The largest absolute Gasteiger partial charge is 0.504 e. The number of anilines is 1. The lowest BCUT2D eigenvalue weighted by Crippen LogP contribution is -2.53. The molecule has 4 N–H and O–H groups in total. The molecule has 2 saturated heterocycles. The maximum atomic E-state index is 14.4. The normalized spacial score (nSPS) is 26.1. The number of nitrogens with one attached hydrogen (secondary N) is 2. The van der Waals surface area contributed by atoms with Crippen LogP contribution < -0.4 is 10.6 Å². The summed E-state index contributed by atoms with van der Waals surface area (Å²) in [5, 5.41) is 25.5. The first-order chi connectivity index (χ1) is 17.7. The average Bonchev–Trinajstić information content (AvgIpc) is 3.43. The van der Waals surface area contributed by atoms with Crippen LogP contribution in [0.3, 0.4) is 0 Å². The molecule has 3 aromatic rings. The first kappa shape index (κ1) is 23.1. The van der Waals surface area contributed by atoms with E-state index in [2.05, 4.69) is 10.6 Å². The summed E-state index contributed by atoms with van der Waals surface area (Å²) in [6.07, 6.45) is 0.137. The minimum Gasteiger partial charge on any atom is -0.504 e. The number of imide groups is 1. The van der Waals surface area contributed by atoms with Crippen LogP contribution in [0.25, 0.3) is 0 Å². The van der Waals surface area contributed by atoms with Crippen molar-refractivity contribution in [3.8, 4) is 11.5 Å². The number of aromatic hydroxyl groups is 2. The van der Waals surface area contributed by atoms with Gasteiger partial charge in [-0.2, -0.15) is 0 Å². The second-order valence-corrected chi connectivity index (χ2v) is 9.62. The van der Waals surface area contributed by atoms with Crippen LogP contribution in [-0.4, -0.2) is 38.9 Å². The van der Waals surface area contributed by atoms with E-state index in [1.54, 1.807) is 6.07 Å². The van der Waals surface area contributed by atoms with Gasteiger partial charge >= 0.3 is 0 Å². The van der Waals surface area contributed by atoms with Gasteiger partial charge in [-0.1, -0.05) is 18.2 Å². The Morgan fingerprint density at radius 1 is 0.838 bits per heavy atom. The first-order valence-electron chi connectivity index (χ1n) is 11.7. The highest BCUT2D eigenvalue weighted by atomic mass is 19.1. The summed E-state index contributed by atoms with van der Waals surface area (Å²) in [5.74, 6) is -5.49. The average molecular weight is 505 g/mol. The molecule has 3 heterocycles. The van der Waals surface area contributed by atoms with Crippen LogP contribution in [0.1, 0.15) is 16.7 Å². The molecule has 3 aromatic carbocycles. The van der Waals surface area contributed by atoms with Gasteiger partial charge in [-0.25, -0.2) is 8.78 Å². The van der Waals surface area contributed by atoms with Crippen molar-refractivity contribution in [3.63, 3.8) is 0 Å². The summed E-state index contributed by atoms with van der Waals surface area (Å²) in [6.45, 7) is -0.106. The molecule has 0 saturated carbocycles. The first-order valence-corrected chi connectivity index (χ1v) is 11.7. The minimum atomic E-state index is -1.68. The summed E-state index contributed by atoms with van der Waals surface area (Å²) < 4.78 is 27.8. The number of halogens is 2. The number of phenolic OH excluding ortho intramolecular Hbond substituents is 2. The van der Waals surface area contributed by atoms with Crippen molar-refractivity contribution in [2.45, 2.75) is 24.5 Å². The molecule has 4 atom stereocenters. The fraction of sp³-hybridized carbons (Fsp3) is 0.222. The van der Waals surface area contributed by atoms with E-state index in [0.717, 1.165) is 4.90 Å². The van der Waals surface area contributed by atoms with Crippen molar-refractivity contribution >= 4 is 23.4 Å². The second-order valence-electron chi connectivity index (χ2n) is 9.62. The third-order valence-electron chi connectivity index (χ3n) is 7.52. The number of benzene rings is 3. The van der Waals surface area contributed by atoms with Crippen LogP contribution in [0.4, 0.5) is 14.5 Å². The third kappa shape index (κ3) is 3.40. The zero-order chi connectivity index (χ0) is 26.1. The minimum absolute atomic E-state index is 0.106. The number of hydrogen-bond donors (Lipinski definition) is 4. The second kappa shape index (κ2) is 8.10. The van der Waals surface area contributed by atoms with E-state index in [9.17, 15) is 33.4 Å². The fourth-order valence-corrected chi connectivity index (χ4v) is 5.89. The molecule has 2 fully saturated rings. The van der Waals surface area contributed by atoms with Crippen molar-refractivity contribution in [2.75, 3.05) is 5.32 Å². The monoisotopic (exact) mass is 505 g/mol. The van der Waals surface area contributed by atoms with E-state index in [0.29, 0.717) is 16.8 Å². The molecular weight excluding hydrogens is 484 g/mol. The molecular formula is C27H21F2N3O5. The Hall–Kier alpha value is -4.31. The number of carbonyl (C=O) groups is 3. The fourth-order valence-electron chi connectivity index (χ4n) is 5.89. The number of carbonyl (C=O) groups excluding carboxylic acids is 3. The smallest absolute Gasteiger partial charge is 0.250 e. The van der Waals surface area contributed by atoms with Gasteiger partial charge in [-0.15, -0.1) is 0 Å². The molecule has 6 rings (SSSR count). The van der Waals surface area contributed by atoms with Crippen LogP contribution in [0.5, 0.6) is 11.5 Å². The van der Waals surface area contributed by atoms with Gasteiger partial charge < -0.3 is 15.5 Å². The lowest BCUT2D eigenvalue weighted by Gasteiger charge is -2.29. The van der Waals surface area contributed by atoms with E-state index in [1.807, 2.05) is 0 Å². The number of amides is 3. The summed E-state index contributed by atoms with van der Waals surface area (Å²) >= 11 is 0. The Kier molecular flexibility index (Phi) is 5.06. The van der Waals surface area contributed by atoms with Crippen molar-refractivity contribution in [1.82, 2.24) is 10.2 Å². The van der Waals surface area contributed by atoms with Gasteiger partial charge in [0.15, 0.2) is 11.5 Å². The highest BCUT2D eigenvalue weighted by molar-refractivity contribution is 6.15. The molecule has 37 heavy (non-hydrogen) atoms. The molecule has 0 radical (unpaired) electrons. The molecule has 10 heteroatoms. The molecule has 2 unspecified atom stereocenters. The van der Waals surface area contributed by atoms with Gasteiger partial charge in [0.2, 0.25) is 17.7 Å². The van der Waals surface area contributed by atoms with Gasteiger partial charge in [-0.3, -0.25) is 24.6 Å². The van der Waals surface area contributed by atoms with E-state index in [1.165, 1.54) is 54.6 Å². The topological polar surface area (TPSA) is 119 Å². The molecule has 3 amide bonds. The number of likely N-dealkylation sites (tertiary alicyclic amines) is 1. The van der Waals surface area contributed by atoms with Gasteiger partial charge in [0.05, 0.1) is 18.4 Å². The lowest BCUT2D eigenvalue weighted by molar-refractivity contribution is -0.143. The van der Waals surface area contributed by atoms with E-state index in [4.69, 9.17) is 0 Å². The van der Waals surface area contributed by atoms with E-state index in [-0.39, 0.29) is 30.0 Å². The zero-order valence-corrected chi connectivity index (χ0v) is 19.2. The summed E-state index contributed by atoms with van der Waals surface area (Å²) in [4.78, 5) is 42.1.